The number of aliphatic hydroxyl groups is 1. The molecular weight excluding hydrogens is 332 g/mol. The van der Waals surface area contributed by atoms with Gasteiger partial charge in [0.15, 0.2) is 5.13 Å². The lowest BCUT2D eigenvalue weighted by Crippen LogP contribution is -2.53. The Morgan fingerprint density at radius 3 is 2.96 bits per heavy atom. The second-order valence-corrected chi connectivity index (χ2v) is 8.18. The van der Waals surface area contributed by atoms with Crippen LogP contribution in [0.1, 0.15) is 32.4 Å². The molecule has 138 valence electrons. The Morgan fingerprint density at radius 2 is 2.24 bits per heavy atom. The van der Waals surface area contributed by atoms with Gasteiger partial charge < -0.3 is 5.11 Å². The van der Waals surface area contributed by atoms with Crippen LogP contribution < -0.4 is 0 Å². The van der Waals surface area contributed by atoms with Crippen molar-refractivity contribution in [2.45, 2.75) is 39.3 Å². The van der Waals surface area contributed by atoms with E-state index in [2.05, 4.69) is 51.5 Å². The molecule has 1 fully saturated rings. The van der Waals surface area contributed by atoms with E-state index in [0.29, 0.717) is 6.04 Å². The molecule has 2 aromatic heterocycles. The fourth-order valence-corrected chi connectivity index (χ4v) is 4.19. The van der Waals surface area contributed by atoms with Crippen LogP contribution in [0.4, 0.5) is 0 Å². The van der Waals surface area contributed by atoms with Crippen LogP contribution in [0, 0.1) is 5.92 Å². The summed E-state index contributed by atoms with van der Waals surface area (Å²) in [5.41, 5.74) is 1.29. The third-order valence-corrected chi connectivity index (χ3v) is 5.76. The van der Waals surface area contributed by atoms with Crippen molar-refractivity contribution in [1.29, 1.82) is 0 Å². The van der Waals surface area contributed by atoms with Crippen LogP contribution in [-0.4, -0.2) is 63.3 Å². The summed E-state index contributed by atoms with van der Waals surface area (Å²) in [5, 5.41) is 12.5. The molecule has 1 aliphatic rings. The Morgan fingerprint density at radius 1 is 1.36 bits per heavy atom. The highest BCUT2D eigenvalue weighted by Crippen LogP contribution is 2.20. The van der Waals surface area contributed by atoms with Crippen molar-refractivity contribution in [1.82, 2.24) is 19.4 Å². The van der Waals surface area contributed by atoms with E-state index in [1.165, 1.54) is 12.1 Å². The van der Waals surface area contributed by atoms with Gasteiger partial charge in [0.05, 0.1) is 0 Å². The zero-order valence-electron chi connectivity index (χ0n) is 15.3. The molecule has 0 bridgehead atoms. The summed E-state index contributed by atoms with van der Waals surface area (Å²) in [5.74, 6) is 0.731. The monoisotopic (exact) mass is 362 g/mol. The Hall–Kier alpha value is -1.21. The Labute approximate surface area is 154 Å². The Kier molecular flexibility index (Phi) is 6.64. The molecule has 0 saturated carbocycles. The minimum Gasteiger partial charge on any atom is -0.396 e. The maximum Gasteiger partial charge on any atom is 0.193 e. The third-order valence-electron chi connectivity index (χ3n) is 4.99. The molecule has 0 radical (unpaired) electrons. The first kappa shape index (κ1) is 18.6. The van der Waals surface area contributed by atoms with E-state index in [4.69, 9.17) is 0 Å². The van der Waals surface area contributed by atoms with E-state index < -0.39 is 0 Å². The van der Waals surface area contributed by atoms with Gasteiger partial charge >= 0.3 is 0 Å². The predicted octanol–water partition coefficient (Wildman–Crippen LogP) is 2.85. The zero-order chi connectivity index (χ0) is 17.6. The van der Waals surface area contributed by atoms with Gasteiger partial charge in [-0.15, -0.1) is 11.3 Å². The van der Waals surface area contributed by atoms with E-state index in [1.54, 1.807) is 11.3 Å². The largest absolute Gasteiger partial charge is 0.396 e. The van der Waals surface area contributed by atoms with Crippen molar-refractivity contribution in [3.8, 4) is 5.13 Å². The summed E-state index contributed by atoms with van der Waals surface area (Å²) in [6.45, 7) is 10.1. The van der Waals surface area contributed by atoms with Crippen molar-refractivity contribution in [2.75, 3.05) is 32.8 Å². The van der Waals surface area contributed by atoms with Crippen LogP contribution in [0.3, 0.4) is 0 Å². The maximum atomic E-state index is 9.47. The fourth-order valence-electron chi connectivity index (χ4n) is 3.54. The van der Waals surface area contributed by atoms with Crippen molar-refractivity contribution < 1.29 is 5.11 Å². The number of aliphatic hydroxyl groups excluding tert-OH is 1. The third kappa shape index (κ3) is 4.91. The Balaban J connectivity index is 1.62. The second kappa shape index (κ2) is 8.94. The number of piperazine rings is 1. The molecular formula is C19H30N4OS. The van der Waals surface area contributed by atoms with Gasteiger partial charge in [-0.05, 0) is 37.4 Å². The quantitative estimate of drug-likeness (QED) is 0.784. The van der Waals surface area contributed by atoms with Crippen LogP contribution in [0.2, 0.25) is 0 Å². The van der Waals surface area contributed by atoms with Gasteiger partial charge in [-0.25, -0.2) is 4.98 Å². The van der Waals surface area contributed by atoms with Crippen molar-refractivity contribution in [3.63, 3.8) is 0 Å². The molecule has 1 aliphatic heterocycles. The first-order valence-electron chi connectivity index (χ1n) is 9.30. The van der Waals surface area contributed by atoms with Gasteiger partial charge in [0.2, 0.25) is 0 Å². The molecule has 3 rings (SSSR count). The van der Waals surface area contributed by atoms with E-state index in [1.807, 2.05) is 11.6 Å². The van der Waals surface area contributed by atoms with Crippen LogP contribution in [0.15, 0.2) is 29.9 Å². The molecule has 6 heteroatoms. The van der Waals surface area contributed by atoms with Gasteiger partial charge in [-0.3, -0.25) is 14.4 Å². The summed E-state index contributed by atoms with van der Waals surface area (Å²) < 4.78 is 2.19. The van der Waals surface area contributed by atoms with Crippen LogP contribution >= 0.6 is 11.3 Å². The molecule has 0 aliphatic carbocycles. The minimum absolute atomic E-state index is 0.270. The molecule has 0 aromatic carbocycles. The molecule has 0 spiro atoms. The Bertz CT molecular complexity index is 625. The second-order valence-electron chi connectivity index (χ2n) is 7.30. The van der Waals surface area contributed by atoms with Gasteiger partial charge in [0.1, 0.15) is 0 Å². The predicted molar refractivity (Wildman–Crippen MR) is 103 cm³/mol. The number of hydrogen-bond acceptors (Lipinski definition) is 5. The van der Waals surface area contributed by atoms with Gasteiger partial charge in [0.25, 0.3) is 0 Å². The van der Waals surface area contributed by atoms with E-state index in [0.717, 1.165) is 50.2 Å². The van der Waals surface area contributed by atoms with Gasteiger partial charge in [-0.1, -0.05) is 13.8 Å². The smallest absolute Gasteiger partial charge is 0.193 e. The van der Waals surface area contributed by atoms with Gasteiger partial charge in [0, 0.05) is 62.3 Å². The first-order chi connectivity index (χ1) is 12.2. The lowest BCUT2D eigenvalue weighted by atomic mass is 10.1. The minimum atomic E-state index is 0.270. The fraction of sp³-hybridized carbons (Fsp3) is 0.632. The lowest BCUT2D eigenvalue weighted by molar-refractivity contribution is 0.0516. The highest BCUT2D eigenvalue weighted by Gasteiger charge is 2.27. The SMILES string of the molecule is CC(C)CCN1CCN(Cc2cccn2-c2nccs2)CC1CCO. The molecule has 25 heavy (non-hydrogen) atoms. The first-order valence-corrected chi connectivity index (χ1v) is 10.2. The molecule has 1 N–H and O–H groups in total. The van der Waals surface area contributed by atoms with Crippen molar-refractivity contribution in [2.24, 2.45) is 5.92 Å². The number of rotatable bonds is 8. The number of thiazole rings is 1. The normalized spacial score (nSPS) is 19.8. The topological polar surface area (TPSA) is 44.5 Å². The van der Waals surface area contributed by atoms with E-state index in [9.17, 15) is 5.11 Å². The van der Waals surface area contributed by atoms with Crippen LogP contribution in [-0.2, 0) is 6.54 Å². The van der Waals surface area contributed by atoms with Crippen molar-refractivity contribution >= 4 is 11.3 Å². The molecule has 1 unspecified atom stereocenters. The summed E-state index contributed by atoms with van der Waals surface area (Å²) in [7, 11) is 0. The molecule has 5 nitrogen and oxygen atoms in total. The molecule has 3 heterocycles. The summed E-state index contributed by atoms with van der Waals surface area (Å²) in [6, 6.07) is 4.75. The van der Waals surface area contributed by atoms with E-state index in [-0.39, 0.29) is 6.61 Å². The summed E-state index contributed by atoms with van der Waals surface area (Å²) in [4.78, 5) is 9.53. The van der Waals surface area contributed by atoms with Crippen LogP contribution in [0.5, 0.6) is 0 Å². The number of nitrogens with zero attached hydrogens (tertiary/aromatic N) is 4. The average Bonchev–Trinajstić information content (AvgIpc) is 3.25. The number of aromatic nitrogens is 2. The summed E-state index contributed by atoms with van der Waals surface area (Å²) >= 11 is 1.67. The number of hydrogen-bond donors (Lipinski definition) is 1. The molecule has 0 amide bonds. The van der Waals surface area contributed by atoms with Gasteiger partial charge in [-0.2, -0.15) is 0 Å². The molecule has 2 aromatic rings. The van der Waals surface area contributed by atoms with Crippen molar-refractivity contribution in [3.05, 3.63) is 35.6 Å². The van der Waals surface area contributed by atoms with E-state index >= 15 is 0 Å². The average molecular weight is 363 g/mol. The zero-order valence-corrected chi connectivity index (χ0v) is 16.2. The highest BCUT2D eigenvalue weighted by molar-refractivity contribution is 7.12. The maximum absolute atomic E-state index is 9.47. The molecule has 1 atom stereocenters. The standard InChI is InChI=1S/C19H30N4OS/c1-16(2)5-9-22-11-10-21(14-17(22)6-12-24)15-18-4-3-8-23(18)19-20-7-13-25-19/h3-4,7-8,13,16-17,24H,5-6,9-12,14-15H2,1-2H3. The van der Waals surface area contributed by atoms with Crippen LogP contribution in [0.25, 0.3) is 5.13 Å². The highest BCUT2D eigenvalue weighted by atomic mass is 32.1. The summed E-state index contributed by atoms with van der Waals surface area (Å²) in [6.07, 6.45) is 6.05. The lowest BCUT2D eigenvalue weighted by Gasteiger charge is -2.41. The molecule has 1 saturated heterocycles.